The molecule has 0 N–H and O–H groups in total. The number of carbonyl (C=O) groups is 4. The number of halogens is 6. The summed E-state index contributed by atoms with van der Waals surface area (Å²) >= 11 is 37.7. The standard InChI is InChI=1S/C34H36Cl6O8/c1-5-15(3)19(17-7-8-17)13-45-31(41)25-27(39)21(35)11-23(37)29(25)47-33(43)34(44)48-30-24(38)12-22(36)28(40)26(30)32(42)46-14-20(16(4)6-2)18-9-10-18/h11-12,15-20H,5-10,13-14H2,1-4H3. The molecule has 2 fully saturated rings. The lowest BCUT2D eigenvalue weighted by Gasteiger charge is -2.23. The van der Waals surface area contributed by atoms with Gasteiger partial charge in [0.05, 0.1) is 43.3 Å². The van der Waals surface area contributed by atoms with Gasteiger partial charge in [0, 0.05) is 0 Å². The van der Waals surface area contributed by atoms with Gasteiger partial charge in [0.25, 0.3) is 0 Å². The second-order valence-electron chi connectivity index (χ2n) is 12.5. The predicted octanol–water partition coefficient (Wildman–Crippen LogP) is 10.6. The molecule has 0 radical (unpaired) electrons. The summed E-state index contributed by atoms with van der Waals surface area (Å²) < 4.78 is 21.7. The highest BCUT2D eigenvalue weighted by Gasteiger charge is 2.38. The highest BCUT2D eigenvalue weighted by atomic mass is 35.5. The molecule has 4 atom stereocenters. The first-order valence-electron chi connectivity index (χ1n) is 15.8. The first-order valence-corrected chi connectivity index (χ1v) is 18.1. The zero-order chi connectivity index (χ0) is 35.4. The minimum Gasteiger partial charge on any atom is -0.462 e. The molecule has 0 heterocycles. The van der Waals surface area contributed by atoms with Crippen molar-refractivity contribution >= 4 is 93.5 Å². The minimum absolute atomic E-state index is 0.0991. The first kappa shape index (κ1) is 38.9. The van der Waals surface area contributed by atoms with Crippen LogP contribution in [0.15, 0.2) is 12.1 Å². The first-order chi connectivity index (χ1) is 22.7. The highest BCUT2D eigenvalue weighted by molar-refractivity contribution is 6.47. The van der Waals surface area contributed by atoms with Gasteiger partial charge in [-0.25, -0.2) is 19.2 Å². The Hall–Kier alpha value is -1.94. The Kier molecular flexibility index (Phi) is 13.6. The van der Waals surface area contributed by atoms with Crippen LogP contribution in [0.1, 0.15) is 86.9 Å². The molecule has 48 heavy (non-hydrogen) atoms. The van der Waals surface area contributed by atoms with Gasteiger partial charge in [0.1, 0.15) is 11.1 Å². The summed E-state index contributed by atoms with van der Waals surface area (Å²) in [5, 5.41) is -1.43. The Balaban J connectivity index is 1.55. The Morgan fingerprint density at radius 3 is 1.25 bits per heavy atom. The third-order valence-electron chi connectivity index (χ3n) is 9.24. The fourth-order valence-electron chi connectivity index (χ4n) is 5.66. The van der Waals surface area contributed by atoms with E-state index >= 15 is 0 Å². The average molecular weight is 785 g/mol. The number of hydrogen-bond donors (Lipinski definition) is 0. The number of benzene rings is 2. The monoisotopic (exact) mass is 782 g/mol. The van der Waals surface area contributed by atoms with Crippen molar-refractivity contribution in [3.63, 3.8) is 0 Å². The fraction of sp³-hybridized carbons (Fsp3) is 0.529. The molecular weight excluding hydrogens is 749 g/mol. The van der Waals surface area contributed by atoms with E-state index in [1.54, 1.807) is 0 Å². The van der Waals surface area contributed by atoms with Gasteiger partial charge < -0.3 is 18.9 Å². The number of ether oxygens (including phenoxy) is 4. The van der Waals surface area contributed by atoms with E-state index in [9.17, 15) is 19.2 Å². The molecule has 0 saturated heterocycles. The van der Waals surface area contributed by atoms with Crippen LogP contribution in [0.5, 0.6) is 11.5 Å². The molecule has 14 heteroatoms. The lowest BCUT2D eigenvalue weighted by Crippen LogP contribution is -2.28. The summed E-state index contributed by atoms with van der Waals surface area (Å²) in [5.74, 6) is -4.58. The normalized spacial score (nSPS) is 16.8. The second kappa shape index (κ2) is 16.8. The Labute approximate surface area is 309 Å². The van der Waals surface area contributed by atoms with Crippen molar-refractivity contribution in [1.82, 2.24) is 0 Å². The average Bonchev–Trinajstić information content (AvgIpc) is 3.98. The lowest BCUT2D eigenvalue weighted by atomic mass is 9.88. The van der Waals surface area contributed by atoms with Gasteiger partial charge >= 0.3 is 23.9 Å². The number of esters is 4. The van der Waals surface area contributed by atoms with Crippen molar-refractivity contribution in [2.24, 2.45) is 35.5 Å². The van der Waals surface area contributed by atoms with Gasteiger partial charge in [-0.2, -0.15) is 0 Å². The van der Waals surface area contributed by atoms with Crippen LogP contribution in [0, 0.1) is 35.5 Å². The zero-order valence-corrected chi connectivity index (χ0v) is 31.3. The molecule has 2 aromatic carbocycles. The summed E-state index contributed by atoms with van der Waals surface area (Å²) in [6, 6.07) is 2.28. The molecule has 0 spiro atoms. The van der Waals surface area contributed by atoms with Crippen molar-refractivity contribution in [1.29, 1.82) is 0 Å². The number of hydrogen-bond acceptors (Lipinski definition) is 8. The smallest absolute Gasteiger partial charge is 0.423 e. The molecule has 0 amide bonds. The maximum atomic E-state index is 13.3. The molecule has 0 bridgehead atoms. The van der Waals surface area contributed by atoms with E-state index in [4.69, 9.17) is 88.6 Å². The van der Waals surface area contributed by atoms with Crippen molar-refractivity contribution < 1.29 is 38.1 Å². The molecule has 4 rings (SSSR count). The maximum absolute atomic E-state index is 13.3. The quantitative estimate of drug-likeness (QED) is 0.0807. The van der Waals surface area contributed by atoms with Crippen LogP contribution in [0.3, 0.4) is 0 Å². The van der Waals surface area contributed by atoms with Crippen molar-refractivity contribution in [2.45, 2.75) is 66.2 Å². The van der Waals surface area contributed by atoms with Crippen LogP contribution in [0.2, 0.25) is 30.1 Å². The van der Waals surface area contributed by atoms with Gasteiger partial charge in [0.2, 0.25) is 0 Å². The van der Waals surface area contributed by atoms with Crippen LogP contribution in [0.4, 0.5) is 0 Å². The van der Waals surface area contributed by atoms with Gasteiger partial charge in [0.15, 0.2) is 11.5 Å². The van der Waals surface area contributed by atoms with Gasteiger partial charge in [-0.3, -0.25) is 0 Å². The Morgan fingerprint density at radius 1 is 0.625 bits per heavy atom. The van der Waals surface area contributed by atoms with E-state index in [2.05, 4.69) is 27.7 Å². The summed E-state index contributed by atoms with van der Waals surface area (Å²) in [6.07, 6.45) is 5.97. The van der Waals surface area contributed by atoms with Crippen LogP contribution in [-0.4, -0.2) is 37.1 Å². The second-order valence-corrected chi connectivity index (χ2v) is 14.9. The van der Waals surface area contributed by atoms with Crippen LogP contribution in [0.25, 0.3) is 0 Å². The maximum Gasteiger partial charge on any atom is 0.423 e. The highest BCUT2D eigenvalue weighted by Crippen LogP contribution is 2.45. The summed E-state index contributed by atoms with van der Waals surface area (Å²) in [7, 11) is 0. The van der Waals surface area contributed by atoms with E-state index in [1.807, 2.05) is 0 Å². The molecule has 2 aliphatic carbocycles. The number of carbonyl (C=O) groups excluding carboxylic acids is 4. The predicted molar refractivity (Wildman–Crippen MR) is 186 cm³/mol. The molecule has 4 unspecified atom stereocenters. The zero-order valence-electron chi connectivity index (χ0n) is 26.8. The molecule has 2 saturated carbocycles. The van der Waals surface area contributed by atoms with Crippen molar-refractivity contribution in [3.05, 3.63) is 53.4 Å². The van der Waals surface area contributed by atoms with E-state index in [-0.39, 0.29) is 55.2 Å². The van der Waals surface area contributed by atoms with Crippen LogP contribution >= 0.6 is 69.6 Å². The molecular formula is C34H36Cl6O8. The molecule has 0 aromatic heterocycles. The van der Waals surface area contributed by atoms with E-state index < -0.39 is 46.5 Å². The summed E-state index contributed by atoms with van der Waals surface area (Å²) in [5.41, 5.74) is -0.894. The fourth-order valence-corrected chi connectivity index (χ4v) is 7.10. The number of rotatable bonds is 14. The summed E-state index contributed by atoms with van der Waals surface area (Å²) in [6.45, 7) is 8.48. The van der Waals surface area contributed by atoms with E-state index in [0.29, 0.717) is 23.7 Å². The third kappa shape index (κ3) is 9.23. The lowest BCUT2D eigenvalue weighted by molar-refractivity contribution is -0.156. The van der Waals surface area contributed by atoms with Gasteiger partial charge in [-0.05, 0) is 73.3 Å². The molecule has 262 valence electrons. The van der Waals surface area contributed by atoms with Crippen molar-refractivity contribution in [3.8, 4) is 11.5 Å². The van der Waals surface area contributed by atoms with Gasteiger partial charge in [-0.15, -0.1) is 0 Å². The van der Waals surface area contributed by atoms with Crippen LogP contribution < -0.4 is 9.47 Å². The largest absolute Gasteiger partial charge is 0.462 e. The SMILES string of the molecule is CCC(C)C(COC(=O)c1c(Cl)c(Cl)cc(Cl)c1OC(=O)C(=O)Oc1c(Cl)cc(Cl)c(Cl)c1C(=O)OCC(C(C)CC)C1CC1)C1CC1. The van der Waals surface area contributed by atoms with Crippen molar-refractivity contribution in [2.75, 3.05) is 13.2 Å². The molecule has 8 nitrogen and oxygen atoms in total. The van der Waals surface area contributed by atoms with Gasteiger partial charge in [-0.1, -0.05) is 110 Å². The molecule has 2 aliphatic rings. The Morgan fingerprint density at radius 2 is 0.958 bits per heavy atom. The minimum atomic E-state index is -1.63. The Bertz CT molecular complexity index is 1460. The third-order valence-corrected chi connectivity index (χ3v) is 11.4. The molecule has 0 aliphatic heterocycles. The van der Waals surface area contributed by atoms with E-state index in [1.165, 1.54) is 0 Å². The van der Waals surface area contributed by atoms with Crippen LogP contribution in [-0.2, 0) is 19.1 Å². The molecule has 2 aromatic rings. The van der Waals surface area contributed by atoms with E-state index in [0.717, 1.165) is 50.7 Å². The summed E-state index contributed by atoms with van der Waals surface area (Å²) in [4.78, 5) is 52.8. The topological polar surface area (TPSA) is 105 Å².